The molecule has 15 heteroatoms. The lowest BCUT2D eigenvalue weighted by Gasteiger charge is -2.26. The lowest BCUT2D eigenvalue weighted by atomic mass is 10.2. The van der Waals surface area contributed by atoms with E-state index >= 15 is 0 Å². The van der Waals surface area contributed by atoms with Gasteiger partial charge in [0.1, 0.15) is 22.8 Å². The van der Waals surface area contributed by atoms with Crippen LogP contribution >= 0.6 is 0 Å². The number of rotatable bonds is 10. The number of anilines is 3. The fourth-order valence-electron chi connectivity index (χ4n) is 5.50. The summed E-state index contributed by atoms with van der Waals surface area (Å²) in [6.45, 7) is 4.32. The molecule has 0 atom stereocenters. The van der Waals surface area contributed by atoms with Crippen molar-refractivity contribution >= 4 is 51.6 Å². The highest BCUT2D eigenvalue weighted by Crippen LogP contribution is 2.20. The van der Waals surface area contributed by atoms with Crippen LogP contribution in [0.15, 0.2) is 67.4 Å². The first-order valence-corrected chi connectivity index (χ1v) is 15.4. The van der Waals surface area contributed by atoms with Gasteiger partial charge in [0.2, 0.25) is 0 Å². The number of hydrogen-bond donors (Lipinski definition) is 4. The summed E-state index contributed by atoms with van der Waals surface area (Å²) in [4.78, 5) is 62.7. The zero-order valence-corrected chi connectivity index (χ0v) is 26.8. The van der Waals surface area contributed by atoms with Gasteiger partial charge in [0.05, 0.1) is 35.8 Å². The van der Waals surface area contributed by atoms with Gasteiger partial charge >= 0.3 is 0 Å². The highest BCUT2D eigenvalue weighted by atomic mass is 16.5. The number of aryl methyl sites for hydroxylation is 3. The number of hydrogen-bond acceptors (Lipinski definition) is 8. The molecule has 4 amide bonds. The van der Waals surface area contributed by atoms with E-state index in [1.54, 1.807) is 102 Å². The van der Waals surface area contributed by atoms with E-state index in [9.17, 15) is 19.2 Å². The van der Waals surface area contributed by atoms with Crippen LogP contribution in [0.2, 0.25) is 0 Å². The van der Waals surface area contributed by atoms with Gasteiger partial charge in [0.25, 0.3) is 23.6 Å². The Morgan fingerprint density at radius 1 is 0.729 bits per heavy atom. The van der Waals surface area contributed by atoms with Crippen LogP contribution in [0.25, 0.3) is 10.9 Å². The molecular weight excluding hydrogens is 616 g/mol. The van der Waals surface area contributed by atoms with E-state index in [4.69, 9.17) is 4.74 Å². The van der Waals surface area contributed by atoms with E-state index in [2.05, 4.69) is 36.1 Å². The molecule has 1 aliphatic rings. The number of amides is 4. The van der Waals surface area contributed by atoms with Crippen molar-refractivity contribution in [1.29, 1.82) is 0 Å². The molecule has 1 saturated heterocycles. The summed E-state index contributed by atoms with van der Waals surface area (Å²) in [6, 6.07) is 9.84. The second kappa shape index (κ2) is 13.9. The number of fused-ring (bicyclic) bond motifs is 1. The van der Waals surface area contributed by atoms with Crippen molar-refractivity contribution in [2.75, 3.05) is 55.3 Å². The van der Waals surface area contributed by atoms with Gasteiger partial charge in [0, 0.05) is 83.7 Å². The first-order chi connectivity index (χ1) is 23.1. The molecule has 4 N–H and O–H groups in total. The van der Waals surface area contributed by atoms with Crippen LogP contribution in [0.5, 0.6) is 0 Å². The van der Waals surface area contributed by atoms with Gasteiger partial charge < -0.3 is 39.7 Å². The SMILES string of the molecule is Cn1cc(NC(=O)c2cc(NC(=O)c3cc(NC(=O)c4ccc5cnccc5n4)cn3C)cn2C)cc1C(=O)NCCN1CCOCC1. The van der Waals surface area contributed by atoms with E-state index in [1.807, 2.05) is 0 Å². The number of carbonyl (C=O) groups excluding carboxylic acids is 4. The maximum absolute atomic E-state index is 13.2. The van der Waals surface area contributed by atoms with Crippen LogP contribution in [0.4, 0.5) is 17.1 Å². The fourth-order valence-corrected chi connectivity index (χ4v) is 5.50. The minimum atomic E-state index is -0.431. The molecule has 0 saturated carbocycles. The maximum atomic E-state index is 13.2. The van der Waals surface area contributed by atoms with Crippen LogP contribution in [-0.4, -0.2) is 91.6 Å². The Balaban J connectivity index is 1.05. The van der Waals surface area contributed by atoms with Crippen LogP contribution in [0.1, 0.15) is 42.0 Å². The van der Waals surface area contributed by atoms with Gasteiger partial charge in [-0.05, 0) is 36.4 Å². The molecule has 0 aromatic carbocycles. The van der Waals surface area contributed by atoms with Gasteiger partial charge in [-0.15, -0.1) is 0 Å². The molecule has 5 aromatic rings. The molecule has 5 aromatic heterocycles. The van der Waals surface area contributed by atoms with Gasteiger partial charge in [-0.1, -0.05) is 0 Å². The molecule has 15 nitrogen and oxygen atoms in total. The molecule has 1 aliphatic heterocycles. The first-order valence-electron chi connectivity index (χ1n) is 15.4. The normalized spacial score (nSPS) is 13.3. The van der Waals surface area contributed by atoms with Gasteiger partial charge in [-0.3, -0.25) is 29.1 Å². The van der Waals surface area contributed by atoms with Gasteiger partial charge in [-0.25, -0.2) is 4.98 Å². The molecule has 6 rings (SSSR count). The summed E-state index contributed by atoms with van der Waals surface area (Å²) in [5.74, 6) is -1.49. The number of nitrogens with one attached hydrogen (secondary N) is 4. The molecule has 1 fully saturated rings. The smallest absolute Gasteiger partial charge is 0.274 e. The Bertz CT molecular complexity index is 2000. The summed E-state index contributed by atoms with van der Waals surface area (Å²) in [6.07, 6.45) is 8.19. The number of aromatic nitrogens is 5. The van der Waals surface area contributed by atoms with Crippen LogP contribution in [-0.2, 0) is 25.9 Å². The van der Waals surface area contributed by atoms with Crippen molar-refractivity contribution < 1.29 is 23.9 Å². The van der Waals surface area contributed by atoms with E-state index < -0.39 is 17.7 Å². The maximum Gasteiger partial charge on any atom is 0.274 e. The summed E-state index contributed by atoms with van der Waals surface area (Å²) in [7, 11) is 5.12. The topological polar surface area (TPSA) is 169 Å². The number of nitrogens with zero attached hydrogens (tertiary/aromatic N) is 6. The number of carbonyl (C=O) groups is 4. The van der Waals surface area contributed by atoms with Gasteiger partial charge in [0.15, 0.2) is 0 Å². The molecule has 0 radical (unpaired) electrons. The molecule has 0 spiro atoms. The third kappa shape index (κ3) is 7.27. The molecule has 0 unspecified atom stereocenters. The number of ether oxygens (including phenoxy) is 1. The Morgan fingerprint density at radius 2 is 1.27 bits per heavy atom. The molecule has 48 heavy (non-hydrogen) atoms. The van der Waals surface area contributed by atoms with E-state index in [0.29, 0.717) is 53.7 Å². The van der Waals surface area contributed by atoms with Crippen molar-refractivity contribution in [3.05, 3.63) is 90.2 Å². The summed E-state index contributed by atoms with van der Waals surface area (Å²) >= 11 is 0. The zero-order valence-electron chi connectivity index (χ0n) is 26.8. The Kier molecular flexibility index (Phi) is 9.31. The Labute approximate surface area is 275 Å². The van der Waals surface area contributed by atoms with E-state index in [-0.39, 0.29) is 17.3 Å². The number of pyridine rings is 2. The fraction of sp³-hybridized carbons (Fsp3) is 0.273. The predicted molar refractivity (Wildman–Crippen MR) is 179 cm³/mol. The van der Waals surface area contributed by atoms with Crippen LogP contribution in [0.3, 0.4) is 0 Å². The predicted octanol–water partition coefficient (Wildman–Crippen LogP) is 2.46. The minimum Gasteiger partial charge on any atom is -0.379 e. The minimum absolute atomic E-state index is 0.230. The van der Waals surface area contributed by atoms with Crippen LogP contribution in [0, 0.1) is 0 Å². The van der Waals surface area contributed by atoms with E-state index in [1.165, 1.54) is 0 Å². The molecule has 6 heterocycles. The lowest BCUT2D eigenvalue weighted by Crippen LogP contribution is -2.41. The second-order valence-corrected chi connectivity index (χ2v) is 11.5. The summed E-state index contributed by atoms with van der Waals surface area (Å²) in [5, 5.41) is 12.2. The standard InChI is InChI=1S/C33H36N10O5/c1-40-19-23(14-27(40)31(45)35-8-9-43-10-12-48-13-11-43)37-33(47)29-16-24(20-42(29)3)38-32(46)28-15-22(18-41(28)2)36-30(44)26-5-4-21-17-34-7-6-25(21)39-26/h4-7,14-20H,8-13H2,1-3H3,(H,35,45)(H,36,44)(H,37,47)(H,38,46). The van der Waals surface area contributed by atoms with Crippen molar-refractivity contribution in [2.24, 2.45) is 21.1 Å². The van der Waals surface area contributed by atoms with Gasteiger partial charge in [-0.2, -0.15) is 0 Å². The molecule has 0 aliphatic carbocycles. The molecular formula is C33H36N10O5. The summed E-state index contributed by atoms with van der Waals surface area (Å²) in [5.41, 5.74) is 3.16. The average Bonchev–Trinajstić information content (AvgIpc) is 3.76. The summed E-state index contributed by atoms with van der Waals surface area (Å²) < 4.78 is 10.2. The number of morpholine rings is 1. The Hall–Kier alpha value is -5.80. The third-order valence-corrected chi connectivity index (χ3v) is 8.03. The second-order valence-electron chi connectivity index (χ2n) is 11.5. The zero-order chi connectivity index (χ0) is 33.8. The van der Waals surface area contributed by atoms with Crippen molar-refractivity contribution in [1.82, 2.24) is 33.9 Å². The van der Waals surface area contributed by atoms with Crippen molar-refractivity contribution in [3.8, 4) is 0 Å². The lowest BCUT2D eigenvalue weighted by molar-refractivity contribution is 0.0383. The highest BCUT2D eigenvalue weighted by molar-refractivity contribution is 6.08. The van der Waals surface area contributed by atoms with Crippen molar-refractivity contribution in [3.63, 3.8) is 0 Å². The van der Waals surface area contributed by atoms with Crippen molar-refractivity contribution in [2.45, 2.75) is 0 Å². The third-order valence-electron chi connectivity index (χ3n) is 8.03. The first kappa shape index (κ1) is 32.2. The molecule has 0 bridgehead atoms. The largest absolute Gasteiger partial charge is 0.379 e. The van der Waals surface area contributed by atoms with E-state index in [0.717, 1.165) is 25.0 Å². The monoisotopic (exact) mass is 652 g/mol. The quantitative estimate of drug-likeness (QED) is 0.178. The molecule has 248 valence electrons. The Morgan fingerprint density at radius 3 is 1.85 bits per heavy atom. The highest BCUT2D eigenvalue weighted by Gasteiger charge is 2.20. The van der Waals surface area contributed by atoms with Crippen LogP contribution < -0.4 is 21.3 Å². The average molecular weight is 653 g/mol.